The Labute approximate surface area is 128 Å². The van der Waals surface area contributed by atoms with Crippen LogP contribution in [0.4, 0.5) is 4.39 Å². The molecule has 1 aromatic carbocycles. The van der Waals surface area contributed by atoms with E-state index in [0.717, 1.165) is 18.5 Å². The maximum atomic E-state index is 13.6. The molecule has 2 atom stereocenters. The molecule has 118 valence electrons. The summed E-state index contributed by atoms with van der Waals surface area (Å²) < 4.78 is 19.4. The maximum Gasteiger partial charge on any atom is 0.123 e. The van der Waals surface area contributed by atoms with Gasteiger partial charge in [0.2, 0.25) is 0 Å². The summed E-state index contributed by atoms with van der Waals surface area (Å²) in [6.45, 7) is 3.08. The Morgan fingerprint density at radius 2 is 2.05 bits per heavy atom. The van der Waals surface area contributed by atoms with Crippen molar-refractivity contribution in [2.45, 2.75) is 57.6 Å². The smallest absolute Gasteiger partial charge is 0.123 e. The van der Waals surface area contributed by atoms with Gasteiger partial charge in [0.25, 0.3) is 0 Å². The molecule has 0 aromatic heterocycles. The highest BCUT2D eigenvalue weighted by Crippen LogP contribution is 2.34. The van der Waals surface area contributed by atoms with E-state index in [2.05, 4.69) is 12.2 Å². The van der Waals surface area contributed by atoms with Crippen molar-refractivity contribution in [2.75, 3.05) is 13.7 Å². The van der Waals surface area contributed by atoms with Gasteiger partial charge in [0.15, 0.2) is 0 Å². The van der Waals surface area contributed by atoms with Gasteiger partial charge >= 0.3 is 0 Å². The number of hydrogen-bond acceptors (Lipinski definition) is 2. The monoisotopic (exact) mass is 293 g/mol. The normalized spacial score (nSPS) is 19.4. The number of benzene rings is 1. The van der Waals surface area contributed by atoms with Crippen LogP contribution < -0.4 is 5.32 Å². The lowest BCUT2D eigenvalue weighted by Gasteiger charge is -2.35. The molecule has 2 unspecified atom stereocenters. The molecule has 1 N–H and O–H groups in total. The SMILES string of the molecule is CCCNC(c1cccc(F)c1)C(OC)C1CCCCC1. The van der Waals surface area contributed by atoms with Crippen LogP contribution in [-0.2, 0) is 4.74 Å². The highest BCUT2D eigenvalue weighted by atomic mass is 19.1. The highest BCUT2D eigenvalue weighted by Gasteiger charge is 2.31. The predicted octanol–water partition coefficient (Wildman–Crippen LogP) is 4.46. The van der Waals surface area contributed by atoms with E-state index in [-0.39, 0.29) is 18.0 Å². The molecular weight excluding hydrogens is 265 g/mol. The fraction of sp³-hybridized carbons (Fsp3) is 0.667. The van der Waals surface area contributed by atoms with E-state index in [0.29, 0.717) is 5.92 Å². The summed E-state index contributed by atoms with van der Waals surface area (Å²) in [5, 5.41) is 3.57. The zero-order valence-electron chi connectivity index (χ0n) is 13.3. The number of rotatable bonds is 7. The molecule has 0 radical (unpaired) electrons. The quantitative estimate of drug-likeness (QED) is 0.801. The molecule has 0 saturated heterocycles. The Morgan fingerprint density at radius 1 is 1.29 bits per heavy atom. The first kappa shape index (κ1) is 16.4. The molecule has 2 rings (SSSR count). The third kappa shape index (κ3) is 4.52. The molecule has 0 heterocycles. The molecule has 0 aliphatic heterocycles. The van der Waals surface area contributed by atoms with Gasteiger partial charge in [-0.1, -0.05) is 38.3 Å². The van der Waals surface area contributed by atoms with Crippen molar-refractivity contribution in [1.29, 1.82) is 0 Å². The number of methoxy groups -OCH3 is 1. The molecule has 0 amide bonds. The van der Waals surface area contributed by atoms with Crippen LogP contribution in [0, 0.1) is 11.7 Å². The van der Waals surface area contributed by atoms with Gasteiger partial charge in [0.1, 0.15) is 5.82 Å². The second-order valence-corrected chi connectivity index (χ2v) is 6.09. The summed E-state index contributed by atoms with van der Waals surface area (Å²) in [7, 11) is 1.79. The maximum absolute atomic E-state index is 13.6. The number of nitrogens with one attached hydrogen (secondary N) is 1. The van der Waals surface area contributed by atoms with E-state index in [9.17, 15) is 4.39 Å². The van der Waals surface area contributed by atoms with Gasteiger partial charge in [-0.25, -0.2) is 4.39 Å². The van der Waals surface area contributed by atoms with Gasteiger partial charge in [-0.05, 0) is 49.4 Å². The van der Waals surface area contributed by atoms with E-state index in [1.165, 1.54) is 38.2 Å². The molecular formula is C18H28FNO. The second kappa shape index (κ2) is 8.50. The summed E-state index contributed by atoms with van der Waals surface area (Å²) in [5.41, 5.74) is 1.00. The van der Waals surface area contributed by atoms with Crippen LogP contribution in [0.15, 0.2) is 24.3 Å². The minimum Gasteiger partial charge on any atom is -0.379 e. The fourth-order valence-corrected chi connectivity index (χ4v) is 3.49. The molecule has 2 nitrogen and oxygen atoms in total. The molecule has 21 heavy (non-hydrogen) atoms. The van der Waals surface area contributed by atoms with Crippen molar-refractivity contribution < 1.29 is 9.13 Å². The van der Waals surface area contributed by atoms with Crippen LogP contribution in [-0.4, -0.2) is 19.8 Å². The largest absolute Gasteiger partial charge is 0.379 e. The molecule has 0 spiro atoms. The van der Waals surface area contributed by atoms with Crippen LogP contribution >= 0.6 is 0 Å². The van der Waals surface area contributed by atoms with E-state index in [1.807, 2.05) is 6.07 Å². The first-order valence-electron chi connectivity index (χ1n) is 8.28. The molecule has 0 bridgehead atoms. The predicted molar refractivity (Wildman–Crippen MR) is 84.8 cm³/mol. The van der Waals surface area contributed by atoms with Gasteiger partial charge in [0, 0.05) is 7.11 Å². The lowest BCUT2D eigenvalue weighted by molar-refractivity contribution is 0.00750. The highest BCUT2D eigenvalue weighted by molar-refractivity contribution is 5.21. The molecule has 1 aliphatic rings. The lowest BCUT2D eigenvalue weighted by atomic mass is 9.81. The summed E-state index contributed by atoms with van der Waals surface area (Å²) >= 11 is 0. The number of ether oxygens (including phenoxy) is 1. The molecule has 1 aliphatic carbocycles. The first-order chi connectivity index (χ1) is 10.3. The number of hydrogen-bond donors (Lipinski definition) is 1. The summed E-state index contributed by atoms with van der Waals surface area (Å²) in [5.74, 6) is 0.399. The Hall–Kier alpha value is -0.930. The minimum absolute atomic E-state index is 0.0775. The van der Waals surface area contributed by atoms with Gasteiger partial charge in [-0.2, -0.15) is 0 Å². The van der Waals surface area contributed by atoms with Crippen molar-refractivity contribution >= 4 is 0 Å². The van der Waals surface area contributed by atoms with E-state index >= 15 is 0 Å². The fourth-order valence-electron chi connectivity index (χ4n) is 3.49. The summed E-state index contributed by atoms with van der Waals surface area (Å²) in [4.78, 5) is 0. The molecule has 1 fully saturated rings. The molecule has 1 aromatic rings. The van der Waals surface area contributed by atoms with Gasteiger partial charge in [-0.15, -0.1) is 0 Å². The van der Waals surface area contributed by atoms with Crippen molar-refractivity contribution in [1.82, 2.24) is 5.32 Å². The molecule has 3 heteroatoms. The van der Waals surface area contributed by atoms with Crippen molar-refractivity contribution in [2.24, 2.45) is 5.92 Å². The third-order valence-electron chi connectivity index (χ3n) is 4.54. The summed E-state index contributed by atoms with van der Waals surface area (Å²) in [6.07, 6.45) is 7.53. The van der Waals surface area contributed by atoms with Crippen LogP contribution in [0.2, 0.25) is 0 Å². The third-order valence-corrected chi connectivity index (χ3v) is 4.54. The Bertz CT molecular complexity index is 417. The number of halogens is 1. The van der Waals surface area contributed by atoms with E-state index in [4.69, 9.17) is 4.74 Å². The minimum atomic E-state index is -0.172. The Kier molecular flexibility index (Phi) is 6.65. The van der Waals surface area contributed by atoms with Gasteiger partial charge in [0.05, 0.1) is 12.1 Å². The van der Waals surface area contributed by atoms with Crippen LogP contribution in [0.1, 0.15) is 57.1 Å². The zero-order valence-corrected chi connectivity index (χ0v) is 13.3. The van der Waals surface area contributed by atoms with Crippen molar-refractivity contribution in [3.63, 3.8) is 0 Å². The summed E-state index contributed by atoms with van der Waals surface area (Å²) in [6, 6.07) is 7.02. The zero-order chi connectivity index (χ0) is 15.1. The van der Waals surface area contributed by atoms with Crippen molar-refractivity contribution in [3.05, 3.63) is 35.6 Å². The second-order valence-electron chi connectivity index (χ2n) is 6.09. The lowest BCUT2D eigenvalue weighted by Crippen LogP contribution is -2.39. The van der Waals surface area contributed by atoms with Crippen LogP contribution in [0.25, 0.3) is 0 Å². The molecule has 1 saturated carbocycles. The Morgan fingerprint density at radius 3 is 2.67 bits per heavy atom. The van der Waals surface area contributed by atoms with Crippen LogP contribution in [0.3, 0.4) is 0 Å². The average Bonchev–Trinajstić information content (AvgIpc) is 2.52. The standard InChI is InChI=1S/C18H28FNO/c1-3-12-20-17(15-10-7-11-16(19)13-15)18(21-2)14-8-5-4-6-9-14/h7,10-11,13-14,17-18,20H,3-6,8-9,12H2,1-2H3. The van der Waals surface area contributed by atoms with E-state index < -0.39 is 0 Å². The topological polar surface area (TPSA) is 21.3 Å². The Balaban J connectivity index is 2.19. The van der Waals surface area contributed by atoms with Gasteiger partial charge in [-0.3, -0.25) is 0 Å². The average molecular weight is 293 g/mol. The van der Waals surface area contributed by atoms with Gasteiger partial charge < -0.3 is 10.1 Å². The van der Waals surface area contributed by atoms with Crippen LogP contribution in [0.5, 0.6) is 0 Å². The van der Waals surface area contributed by atoms with E-state index in [1.54, 1.807) is 19.2 Å². The van der Waals surface area contributed by atoms with Crippen molar-refractivity contribution in [3.8, 4) is 0 Å². The first-order valence-corrected chi connectivity index (χ1v) is 8.28.